The highest BCUT2D eigenvalue weighted by atomic mass is 79.9. The highest BCUT2D eigenvalue weighted by Gasteiger charge is 2.13. The lowest BCUT2D eigenvalue weighted by molar-refractivity contribution is 0.0944. The fraction of sp³-hybridized carbons (Fsp3) is 0.308. The molecule has 0 unspecified atom stereocenters. The second-order valence-electron chi connectivity index (χ2n) is 4.93. The zero-order chi connectivity index (χ0) is 13.3. The fourth-order valence-electron chi connectivity index (χ4n) is 1.60. The number of nitrogens with zero attached hydrogens (tertiary/aromatic N) is 1. The number of aromatic nitrogens is 1. The molecule has 2 aromatic rings. The van der Waals surface area contributed by atoms with E-state index < -0.39 is 5.60 Å². The molecule has 1 aromatic carbocycles. The molecule has 1 heterocycles. The summed E-state index contributed by atoms with van der Waals surface area (Å²) in [5.41, 5.74) is 6.57. The molecule has 0 bridgehead atoms. The molecule has 0 aliphatic carbocycles. The van der Waals surface area contributed by atoms with Gasteiger partial charge in [0.05, 0.1) is 16.8 Å². The van der Waals surface area contributed by atoms with E-state index in [1.807, 2.05) is 24.3 Å². The van der Waals surface area contributed by atoms with Crippen LogP contribution in [-0.2, 0) is 0 Å². The monoisotopic (exact) mass is 309 g/mol. The Morgan fingerprint density at radius 3 is 2.78 bits per heavy atom. The van der Waals surface area contributed by atoms with Crippen LogP contribution < -0.4 is 11.1 Å². The second-order valence-corrected chi connectivity index (χ2v) is 5.84. The van der Waals surface area contributed by atoms with E-state index in [1.54, 1.807) is 13.8 Å². The van der Waals surface area contributed by atoms with Crippen molar-refractivity contribution in [3.05, 3.63) is 28.7 Å². The number of nitrogens with two attached hydrogens (primary N) is 1. The van der Waals surface area contributed by atoms with E-state index in [2.05, 4.69) is 26.2 Å². The van der Waals surface area contributed by atoms with E-state index in [1.165, 1.54) is 0 Å². The summed E-state index contributed by atoms with van der Waals surface area (Å²) in [7, 11) is 0. The molecule has 0 fully saturated rings. The van der Waals surface area contributed by atoms with Gasteiger partial charge in [-0.1, -0.05) is 22.0 Å². The molecule has 4 nitrogen and oxygen atoms in total. The molecule has 0 aliphatic heterocycles. The number of hydrogen-bond acceptors (Lipinski definition) is 4. The molecule has 0 atom stereocenters. The number of halogens is 1. The molecule has 0 radical (unpaired) electrons. The zero-order valence-corrected chi connectivity index (χ0v) is 12.0. The number of pyridine rings is 1. The number of hydrogen-bond donors (Lipinski definition) is 3. The van der Waals surface area contributed by atoms with Gasteiger partial charge in [0.1, 0.15) is 5.82 Å². The predicted octanol–water partition coefficient (Wildman–Crippen LogP) is 2.76. The Kier molecular flexibility index (Phi) is 3.45. The maximum atomic E-state index is 9.69. The molecule has 96 valence electrons. The summed E-state index contributed by atoms with van der Waals surface area (Å²) in [6.07, 6.45) is 0. The van der Waals surface area contributed by atoms with Crippen LogP contribution in [0.4, 0.5) is 11.5 Å². The number of benzene rings is 1. The predicted molar refractivity (Wildman–Crippen MR) is 78.6 cm³/mol. The molecule has 0 saturated carbocycles. The molecule has 18 heavy (non-hydrogen) atoms. The lowest BCUT2D eigenvalue weighted by atomic mass is 10.1. The van der Waals surface area contributed by atoms with Crippen LogP contribution in [0.25, 0.3) is 10.9 Å². The van der Waals surface area contributed by atoms with Gasteiger partial charge in [0, 0.05) is 16.4 Å². The minimum Gasteiger partial charge on any atom is -0.396 e. The Hall–Kier alpha value is -1.33. The molecule has 1 aromatic heterocycles. The van der Waals surface area contributed by atoms with Gasteiger partial charge >= 0.3 is 0 Å². The van der Waals surface area contributed by atoms with E-state index in [9.17, 15) is 5.11 Å². The molecule has 0 spiro atoms. The number of nitrogens with one attached hydrogen (secondary N) is 1. The third-order valence-electron chi connectivity index (χ3n) is 2.50. The van der Waals surface area contributed by atoms with Gasteiger partial charge in [-0.05, 0) is 32.0 Å². The molecule has 0 amide bonds. The first-order valence-corrected chi connectivity index (χ1v) is 6.46. The molecule has 0 aliphatic rings. The molecule has 0 saturated heterocycles. The fourth-order valence-corrected chi connectivity index (χ4v) is 1.95. The Bertz CT molecular complexity index is 578. The molecule has 5 heteroatoms. The van der Waals surface area contributed by atoms with Gasteiger partial charge in [-0.3, -0.25) is 0 Å². The topological polar surface area (TPSA) is 71.2 Å². The van der Waals surface area contributed by atoms with Gasteiger partial charge < -0.3 is 16.2 Å². The first-order valence-electron chi connectivity index (χ1n) is 5.67. The number of aliphatic hydroxyl groups is 1. The van der Waals surface area contributed by atoms with Gasteiger partial charge in [-0.2, -0.15) is 0 Å². The smallest absolute Gasteiger partial charge is 0.150 e. The maximum Gasteiger partial charge on any atom is 0.150 e. The average Bonchev–Trinajstić information content (AvgIpc) is 2.26. The first kappa shape index (κ1) is 13.1. The van der Waals surface area contributed by atoms with Gasteiger partial charge in [-0.15, -0.1) is 0 Å². The summed E-state index contributed by atoms with van der Waals surface area (Å²) in [5, 5.41) is 13.7. The van der Waals surface area contributed by atoms with E-state index in [-0.39, 0.29) is 0 Å². The van der Waals surface area contributed by atoms with Crippen molar-refractivity contribution in [1.29, 1.82) is 0 Å². The van der Waals surface area contributed by atoms with Crippen LogP contribution in [0.3, 0.4) is 0 Å². The molecular formula is C13H16BrN3O. The highest BCUT2D eigenvalue weighted by molar-refractivity contribution is 9.10. The number of anilines is 2. The van der Waals surface area contributed by atoms with Gasteiger partial charge in [-0.25, -0.2) is 4.98 Å². The summed E-state index contributed by atoms with van der Waals surface area (Å²) in [5.74, 6) is 0.600. The highest BCUT2D eigenvalue weighted by Crippen LogP contribution is 2.25. The van der Waals surface area contributed by atoms with Crippen molar-refractivity contribution in [2.24, 2.45) is 0 Å². The van der Waals surface area contributed by atoms with Crippen LogP contribution in [0.2, 0.25) is 0 Å². The summed E-state index contributed by atoms with van der Waals surface area (Å²) in [4.78, 5) is 4.46. The zero-order valence-electron chi connectivity index (χ0n) is 10.4. The van der Waals surface area contributed by atoms with Crippen LogP contribution in [0.15, 0.2) is 28.7 Å². The van der Waals surface area contributed by atoms with E-state index >= 15 is 0 Å². The summed E-state index contributed by atoms with van der Waals surface area (Å²) < 4.78 is 0.973. The van der Waals surface area contributed by atoms with Gasteiger partial charge in [0.15, 0.2) is 0 Å². The number of nitrogen functional groups attached to an aromatic ring is 1. The quantitative estimate of drug-likeness (QED) is 0.815. The Morgan fingerprint density at radius 2 is 2.11 bits per heavy atom. The largest absolute Gasteiger partial charge is 0.396 e. The lowest BCUT2D eigenvalue weighted by Gasteiger charge is -2.19. The summed E-state index contributed by atoms with van der Waals surface area (Å²) >= 11 is 3.41. The maximum absolute atomic E-state index is 9.69. The number of fused-ring (bicyclic) bond motifs is 1. The van der Waals surface area contributed by atoms with Gasteiger partial charge in [0.25, 0.3) is 0 Å². The summed E-state index contributed by atoms with van der Waals surface area (Å²) in [6, 6.07) is 7.72. The van der Waals surface area contributed by atoms with Crippen LogP contribution in [0.5, 0.6) is 0 Å². The second kappa shape index (κ2) is 4.74. The third-order valence-corrected chi connectivity index (χ3v) is 2.99. The minimum atomic E-state index is -0.805. The minimum absolute atomic E-state index is 0.393. The molecular weight excluding hydrogens is 294 g/mol. The molecule has 4 N–H and O–H groups in total. The number of rotatable bonds is 3. The van der Waals surface area contributed by atoms with E-state index in [0.717, 1.165) is 15.4 Å². The van der Waals surface area contributed by atoms with Crippen molar-refractivity contribution < 1.29 is 5.11 Å². The van der Waals surface area contributed by atoms with Crippen LogP contribution in [0, 0.1) is 0 Å². The SMILES string of the molecule is CC(C)(O)CNc1nc2cc(Br)ccc2cc1N. The lowest BCUT2D eigenvalue weighted by Crippen LogP contribution is -2.29. The van der Waals surface area contributed by atoms with Crippen molar-refractivity contribution in [1.82, 2.24) is 4.98 Å². The van der Waals surface area contributed by atoms with Crippen LogP contribution >= 0.6 is 15.9 Å². The van der Waals surface area contributed by atoms with E-state index in [4.69, 9.17) is 5.73 Å². The molecule has 2 rings (SSSR count). The van der Waals surface area contributed by atoms with Crippen molar-refractivity contribution in [2.75, 3.05) is 17.6 Å². The van der Waals surface area contributed by atoms with Crippen molar-refractivity contribution in [3.63, 3.8) is 0 Å². The Balaban J connectivity index is 2.36. The standard InChI is InChI=1S/C13H16BrN3O/c1-13(2,18)7-16-12-10(15)5-8-3-4-9(14)6-11(8)17-12/h3-6,18H,7,15H2,1-2H3,(H,16,17). The third kappa shape index (κ3) is 3.11. The van der Waals surface area contributed by atoms with Crippen LogP contribution in [0.1, 0.15) is 13.8 Å². The van der Waals surface area contributed by atoms with E-state index in [0.29, 0.717) is 18.1 Å². The Labute approximate surface area is 114 Å². The van der Waals surface area contributed by atoms with Crippen molar-refractivity contribution >= 4 is 38.3 Å². The van der Waals surface area contributed by atoms with Gasteiger partial charge in [0.2, 0.25) is 0 Å². The first-order chi connectivity index (χ1) is 8.35. The summed E-state index contributed by atoms with van der Waals surface area (Å²) in [6.45, 7) is 3.85. The van der Waals surface area contributed by atoms with Crippen LogP contribution in [-0.4, -0.2) is 22.2 Å². The normalized spacial score (nSPS) is 11.8. The van der Waals surface area contributed by atoms with Crippen molar-refractivity contribution in [2.45, 2.75) is 19.4 Å². The van der Waals surface area contributed by atoms with Crippen molar-refractivity contribution in [3.8, 4) is 0 Å². The Morgan fingerprint density at radius 1 is 1.39 bits per heavy atom. The average molecular weight is 310 g/mol.